The molecule has 172 valence electrons. The van der Waals surface area contributed by atoms with Crippen LogP contribution in [-0.4, -0.2) is 39.2 Å². The summed E-state index contributed by atoms with van der Waals surface area (Å²) in [7, 11) is 1.41. The third-order valence-corrected chi connectivity index (χ3v) is 5.38. The molecule has 0 saturated heterocycles. The average Bonchev–Trinajstić information content (AvgIpc) is 3.00. The van der Waals surface area contributed by atoms with E-state index in [0.717, 1.165) is 4.68 Å². The summed E-state index contributed by atoms with van der Waals surface area (Å²) in [5, 5.41) is 17.5. The molecule has 4 rings (SSSR count). The van der Waals surface area contributed by atoms with Crippen molar-refractivity contribution >= 4 is 5.82 Å². The molecule has 2 aromatic heterocycles. The standard InChI is InChI=1S/C21H21F3N4O2.C2H6/c1-12-19(13-6-8-25-9-7-13)27-28-18(21(22,23)24)11-15(26-20(12)28)14-4-3-5-16(29)17(10-14)30-2;1-2/h4-10,15,18,26,29H,3,11H2,1-2H3;1-2H3. The second-order valence-corrected chi connectivity index (χ2v) is 7.23. The van der Waals surface area contributed by atoms with Crippen LogP contribution in [0.25, 0.3) is 11.3 Å². The maximum atomic E-state index is 14.0. The molecule has 3 heterocycles. The second-order valence-electron chi connectivity index (χ2n) is 7.23. The second kappa shape index (κ2) is 9.50. The lowest BCUT2D eigenvalue weighted by molar-refractivity contribution is -0.173. The van der Waals surface area contributed by atoms with Crippen LogP contribution in [0.1, 0.15) is 38.3 Å². The summed E-state index contributed by atoms with van der Waals surface area (Å²) in [6, 6.07) is 1.04. The van der Waals surface area contributed by atoms with Crippen molar-refractivity contribution < 1.29 is 23.0 Å². The van der Waals surface area contributed by atoms with E-state index in [1.165, 1.54) is 7.11 Å². The van der Waals surface area contributed by atoms with E-state index >= 15 is 0 Å². The van der Waals surface area contributed by atoms with Gasteiger partial charge in [-0.2, -0.15) is 18.3 Å². The molecule has 0 aromatic carbocycles. The molecule has 0 spiro atoms. The summed E-state index contributed by atoms with van der Waals surface area (Å²) in [6.07, 6.45) is 3.78. The minimum Gasteiger partial charge on any atom is -0.504 e. The van der Waals surface area contributed by atoms with Gasteiger partial charge in [-0.1, -0.05) is 19.9 Å². The topological polar surface area (TPSA) is 72.2 Å². The van der Waals surface area contributed by atoms with Crippen molar-refractivity contribution in [1.82, 2.24) is 14.8 Å². The summed E-state index contributed by atoms with van der Waals surface area (Å²) in [5.41, 5.74) is 2.44. The number of rotatable bonds is 3. The van der Waals surface area contributed by atoms with Gasteiger partial charge in [-0.15, -0.1) is 0 Å². The van der Waals surface area contributed by atoms with E-state index in [0.29, 0.717) is 34.6 Å². The van der Waals surface area contributed by atoms with Crippen LogP contribution in [-0.2, 0) is 4.74 Å². The van der Waals surface area contributed by atoms with Gasteiger partial charge in [-0.3, -0.25) is 4.98 Å². The zero-order chi connectivity index (χ0) is 23.5. The SMILES string of the molecule is CC.COC1=CC(C2CC(C(F)(F)F)n3nc(-c4ccncc4)c(C)c3N2)=CCC=C1O. The van der Waals surface area contributed by atoms with E-state index in [-0.39, 0.29) is 17.9 Å². The molecule has 9 heteroatoms. The van der Waals surface area contributed by atoms with Crippen LogP contribution < -0.4 is 5.32 Å². The largest absolute Gasteiger partial charge is 0.504 e. The summed E-state index contributed by atoms with van der Waals surface area (Å²) < 4.78 is 48.2. The first-order chi connectivity index (χ1) is 15.3. The number of pyridine rings is 1. The number of nitrogens with zero attached hydrogens (tertiary/aromatic N) is 3. The molecule has 2 N–H and O–H groups in total. The first kappa shape index (κ1) is 23.4. The molecule has 0 fully saturated rings. The van der Waals surface area contributed by atoms with Gasteiger partial charge < -0.3 is 15.2 Å². The van der Waals surface area contributed by atoms with Gasteiger partial charge in [-0.05, 0) is 43.2 Å². The number of halogens is 3. The highest BCUT2D eigenvalue weighted by Crippen LogP contribution is 2.44. The lowest BCUT2D eigenvalue weighted by Crippen LogP contribution is -2.40. The van der Waals surface area contributed by atoms with E-state index in [1.807, 2.05) is 13.8 Å². The normalized spacial score (nSPS) is 20.4. The number of ether oxygens (including phenoxy) is 1. The number of methoxy groups -OCH3 is 1. The number of hydrogen-bond acceptors (Lipinski definition) is 5. The van der Waals surface area contributed by atoms with E-state index < -0.39 is 18.3 Å². The third-order valence-electron chi connectivity index (χ3n) is 5.38. The highest BCUT2D eigenvalue weighted by Gasteiger charge is 2.47. The summed E-state index contributed by atoms with van der Waals surface area (Å²) in [4.78, 5) is 3.96. The number of aromatic nitrogens is 3. The van der Waals surface area contributed by atoms with E-state index in [4.69, 9.17) is 4.74 Å². The Kier molecular flexibility index (Phi) is 6.96. The summed E-state index contributed by atoms with van der Waals surface area (Å²) >= 11 is 0. The Balaban J connectivity index is 0.00000141. The number of anilines is 1. The zero-order valence-electron chi connectivity index (χ0n) is 18.4. The maximum Gasteiger partial charge on any atom is 0.410 e. The van der Waals surface area contributed by atoms with Gasteiger partial charge in [0.25, 0.3) is 0 Å². The molecule has 32 heavy (non-hydrogen) atoms. The number of alkyl halides is 3. The molecule has 2 atom stereocenters. The Labute approximate surface area is 185 Å². The van der Waals surface area contributed by atoms with Crippen LogP contribution in [0.5, 0.6) is 0 Å². The van der Waals surface area contributed by atoms with Crippen molar-refractivity contribution in [3.8, 4) is 11.3 Å². The van der Waals surface area contributed by atoms with Gasteiger partial charge in [-0.25, -0.2) is 4.68 Å². The zero-order valence-corrected chi connectivity index (χ0v) is 18.4. The quantitative estimate of drug-likeness (QED) is 0.615. The predicted molar refractivity (Wildman–Crippen MR) is 117 cm³/mol. The van der Waals surface area contributed by atoms with Crippen molar-refractivity contribution in [1.29, 1.82) is 0 Å². The Morgan fingerprint density at radius 2 is 1.88 bits per heavy atom. The minimum absolute atomic E-state index is 0.0341. The number of fused-ring (bicyclic) bond motifs is 1. The fourth-order valence-corrected chi connectivity index (χ4v) is 3.84. The number of nitrogens with one attached hydrogen (secondary N) is 1. The van der Waals surface area contributed by atoms with Gasteiger partial charge >= 0.3 is 6.18 Å². The van der Waals surface area contributed by atoms with Crippen molar-refractivity contribution in [2.75, 3.05) is 12.4 Å². The van der Waals surface area contributed by atoms with Crippen molar-refractivity contribution in [2.24, 2.45) is 0 Å². The molecule has 0 saturated carbocycles. The molecule has 2 aromatic rings. The first-order valence-electron chi connectivity index (χ1n) is 10.5. The minimum atomic E-state index is -4.47. The van der Waals surface area contributed by atoms with Crippen LogP contribution in [0.3, 0.4) is 0 Å². The van der Waals surface area contributed by atoms with Crippen LogP contribution in [0, 0.1) is 6.92 Å². The highest BCUT2D eigenvalue weighted by molar-refractivity contribution is 5.69. The van der Waals surface area contributed by atoms with Gasteiger partial charge in [0.05, 0.1) is 18.8 Å². The average molecular weight is 448 g/mol. The Bertz CT molecular complexity index is 1040. The van der Waals surface area contributed by atoms with Gasteiger partial charge in [0.15, 0.2) is 17.6 Å². The van der Waals surface area contributed by atoms with Crippen LogP contribution >= 0.6 is 0 Å². The molecular weight excluding hydrogens is 421 g/mol. The predicted octanol–water partition coefficient (Wildman–Crippen LogP) is 5.87. The van der Waals surface area contributed by atoms with Crippen LogP contribution in [0.4, 0.5) is 19.0 Å². The lowest BCUT2D eigenvalue weighted by atomic mass is 9.95. The molecule has 1 aliphatic heterocycles. The lowest BCUT2D eigenvalue weighted by Gasteiger charge is -2.34. The summed E-state index contributed by atoms with van der Waals surface area (Å²) in [6.45, 7) is 5.75. The Hall–Kier alpha value is -3.23. The smallest absolute Gasteiger partial charge is 0.410 e. The van der Waals surface area contributed by atoms with Gasteiger partial charge in [0.2, 0.25) is 0 Å². The highest BCUT2D eigenvalue weighted by atomic mass is 19.4. The van der Waals surface area contributed by atoms with Crippen molar-refractivity contribution in [3.63, 3.8) is 0 Å². The molecule has 2 aliphatic rings. The Morgan fingerprint density at radius 1 is 1.19 bits per heavy atom. The number of hydrogen-bond donors (Lipinski definition) is 2. The fraction of sp³-hybridized carbons (Fsp3) is 0.391. The maximum absolute atomic E-state index is 14.0. The van der Waals surface area contributed by atoms with Crippen LogP contribution in [0.15, 0.2) is 59.8 Å². The molecule has 6 nitrogen and oxygen atoms in total. The number of aliphatic hydroxyl groups is 1. The molecule has 1 aliphatic carbocycles. The van der Waals surface area contributed by atoms with Crippen molar-refractivity contribution in [3.05, 3.63) is 65.4 Å². The number of allylic oxidation sites excluding steroid dienone is 2. The van der Waals surface area contributed by atoms with Crippen molar-refractivity contribution in [2.45, 2.75) is 51.9 Å². The Morgan fingerprint density at radius 3 is 2.50 bits per heavy atom. The molecule has 2 unspecified atom stereocenters. The monoisotopic (exact) mass is 448 g/mol. The van der Waals surface area contributed by atoms with Gasteiger partial charge in [0.1, 0.15) is 5.82 Å². The van der Waals surface area contributed by atoms with E-state index in [2.05, 4.69) is 15.4 Å². The summed E-state index contributed by atoms with van der Waals surface area (Å²) in [5.74, 6) is 0.514. The number of aliphatic hydroxyl groups excluding tert-OH is 1. The third kappa shape index (κ3) is 4.51. The first-order valence-corrected chi connectivity index (χ1v) is 10.5. The molecule has 0 bridgehead atoms. The molecule has 0 amide bonds. The van der Waals surface area contributed by atoms with Crippen LogP contribution in [0.2, 0.25) is 0 Å². The van der Waals surface area contributed by atoms with E-state index in [1.54, 1.807) is 49.7 Å². The molecule has 0 radical (unpaired) electrons. The van der Waals surface area contributed by atoms with E-state index in [9.17, 15) is 18.3 Å². The molecular formula is C23H27F3N4O2. The van der Waals surface area contributed by atoms with Gasteiger partial charge in [0, 0.05) is 29.9 Å². The fourth-order valence-electron chi connectivity index (χ4n) is 3.84.